The molecule has 0 bridgehead atoms. The van der Waals surface area contributed by atoms with Gasteiger partial charge in [-0.25, -0.2) is 15.0 Å². The highest BCUT2D eigenvalue weighted by molar-refractivity contribution is 6.20. The summed E-state index contributed by atoms with van der Waals surface area (Å²) in [6, 6.07) is 135. The minimum absolute atomic E-state index is 0.382. The van der Waals surface area contributed by atoms with Gasteiger partial charge in [-0.3, -0.25) is 4.99 Å². The number of furan rings is 2. The van der Waals surface area contributed by atoms with Gasteiger partial charge >= 0.3 is 0 Å². The van der Waals surface area contributed by atoms with Gasteiger partial charge in [0, 0.05) is 76.6 Å². The van der Waals surface area contributed by atoms with Crippen molar-refractivity contribution in [3.05, 3.63) is 411 Å². The van der Waals surface area contributed by atoms with Gasteiger partial charge in [-0.05, 0) is 193 Å². The number of aromatic nitrogens is 4. The van der Waals surface area contributed by atoms with Crippen molar-refractivity contribution in [1.29, 1.82) is 0 Å². The van der Waals surface area contributed by atoms with E-state index in [1.54, 1.807) is 0 Å². The van der Waals surface area contributed by atoms with Crippen LogP contribution in [-0.2, 0) is 0 Å². The van der Waals surface area contributed by atoms with Crippen molar-refractivity contribution in [3.8, 4) is 78.7 Å². The second-order valence-electron chi connectivity index (χ2n) is 31.8. The fraction of sp³-hybridized carbons (Fsp3) is 0.0357. The Bertz CT molecular complexity index is 8260. The Labute approximate surface area is 691 Å². The molecule has 23 rings (SSSR count). The second-order valence-corrected chi connectivity index (χ2v) is 31.8. The summed E-state index contributed by atoms with van der Waals surface area (Å²) in [5, 5.41) is 17.9. The third-order valence-electron chi connectivity index (χ3n) is 24.5. The summed E-state index contributed by atoms with van der Waals surface area (Å²) < 4.78 is 18.9. The largest absolute Gasteiger partial charge is 0.454 e. The average molecular weight is 1540 g/mol. The number of para-hydroxylation sites is 3. The van der Waals surface area contributed by atoms with Crippen molar-refractivity contribution >= 4 is 142 Å². The highest BCUT2D eigenvalue weighted by Gasteiger charge is 2.27. The normalized spacial score (nSPS) is 12.6. The third kappa shape index (κ3) is 11.7. The van der Waals surface area contributed by atoms with Crippen LogP contribution in [0.15, 0.2) is 407 Å². The number of aliphatic imine (C=N–C) groups is 2. The molecule has 0 saturated heterocycles. The van der Waals surface area contributed by atoms with Crippen LogP contribution in [0.2, 0.25) is 0 Å². The summed E-state index contributed by atoms with van der Waals surface area (Å²) in [7, 11) is 0. The lowest BCUT2D eigenvalue weighted by atomic mass is 9.95. The molecule has 0 aliphatic carbocycles. The van der Waals surface area contributed by atoms with Crippen LogP contribution in [-0.4, -0.2) is 30.6 Å². The van der Waals surface area contributed by atoms with Crippen LogP contribution in [0, 0.1) is 6.92 Å². The van der Waals surface area contributed by atoms with Crippen molar-refractivity contribution in [3.63, 3.8) is 0 Å². The van der Waals surface area contributed by atoms with Crippen LogP contribution in [0.1, 0.15) is 42.1 Å². The fourth-order valence-corrected chi connectivity index (χ4v) is 18.5. The molecule has 8 heteroatoms. The van der Waals surface area contributed by atoms with Gasteiger partial charge in [0.1, 0.15) is 11.2 Å². The number of amidine groups is 1. The molecule has 0 spiro atoms. The topological polar surface area (TPSA) is 86.6 Å². The summed E-state index contributed by atoms with van der Waals surface area (Å²) in [4.78, 5) is 22.5. The van der Waals surface area contributed by atoms with Crippen LogP contribution in [0.5, 0.6) is 0 Å². The van der Waals surface area contributed by atoms with E-state index < -0.39 is 0 Å². The standard InChI is InChI=1S/C112H74N6O2/c1-67(2)106(92-37-22-32-76-26-14-15-33-88(76)92)114-111(78-52-47-72(48-53-78)70-23-6-5-7-24-70)113-69(4)86-61-96-90-35-17-20-39-104(90)119-109(96)102(65-86)118-99-56-55-84(60-94(99)95-59-81-29-11-13-31-83(81)64-101(95)118)75-43-41-73(42-44-75)74-45-50-77(51-46-74)107-68(3)108(116-112(115-107)85-54-49-71-25-8-9-27-79(71)57-85)87-62-97-91-36-18-21-40-105(91)120-110(97)103(66-87)117-98-38-19-16-34-89(98)93-58-80-28-10-12-30-82(80)63-100(93)117/h5-66,106H,1H2,2-4H3/b113-69+,114-111-. The molecule has 0 N–H and O–H groups in total. The van der Waals surface area contributed by atoms with E-state index in [0.29, 0.717) is 11.7 Å². The third-order valence-corrected chi connectivity index (χ3v) is 24.5. The minimum Gasteiger partial charge on any atom is -0.454 e. The molecule has 8 nitrogen and oxygen atoms in total. The number of nitrogens with zero attached hydrogens (tertiary/aromatic N) is 6. The van der Waals surface area contributed by atoms with Gasteiger partial charge in [0.15, 0.2) is 22.8 Å². The van der Waals surface area contributed by atoms with Crippen LogP contribution < -0.4 is 0 Å². The highest BCUT2D eigenvalue weighted by Crippen LogP contribution is 2.47. The van der Waals surface area contributed by atoms with Crippen LogP contribution in [0.25, 0.3) is 209 Å². The van der Waals surface area contributed by atoms with E-state index in [-0.39, 0.29) is 6.04 Å². The zero-order chi connectivity index (χ0) is 79.8. The summed E-state index contributed by atoms with van der Waals surface area (Å²) in [6.45, 7) is 10.9. The highest BCUT2D eigenvalue weighted by atomic mass is 16.3. The van der Waals surface area contributed by atoms with Gasteiger partial charge in [0.25, 0.3) is 0 Å². The number of rotatable bonds is 13. The molecule has 1 unspecified atom stereocenters. The van der Waals surface area contributed by atoms with E-state index in [1.807, 2.05) is 12.1 Å². The lowest BCUT2D eigenvalue weighted by molar-refractivity contribution is 0.666. The van der Waals surface area contributed by atoms with E-state index in [4.69, 9.17) is 28.8 Å². The predicted octanol–water partition coefficient (Wildman–Crippen LogP) is 30.0. The maximum absolute atomic E-state index is 7.08. The maximum Gasteiger partial charge on any atom is 0.160 e. The molecule has 0 amide bonds. The van der Waals surface area contributed by atoms with Gasteiger partial charge in [-0.15, -0.1) is 0 Å². The number of hydrogen-bond donors (Lipinski definition) is 0. The van der Waals surface area contributed by atoms with E-state index in [0.717, 1.165) is 215 Å². The van der Waals surface area contributed by atoms with Crippen molar-refractivity contribution in [2.45, 2.75) is 26.8 Å². The zero-order valence-electron chi connectivity index (χ0n) is 66.1. The molecule has 1 atom stereocenters. The zero-order valence-corrected chi connectivity index (χ0v) is 66.1. The Balaban J connectivity index is 0.628. The van der Waals surface area contributed by atoms with Crippen LogP contribution >= 0.6 is 0 Å². The molecule has 18 aromatic carbocycles. The van der Waals surface area contributed by atoms with Crippen molar-refractivity contribution in [2.75, 3.05) is 0 Å². The van der Waals surface area contributed by atoms with E-state index in [2.05, 4.69) is 400 Å². The van der Waals surface area contributed by atoms with Gasteiger partial charge in [-0.2, -0.15) is 0 Å². The second kappa shape index (κ2) is 28.1. The van der Waals surface area contributed by atoms with Gasteiger partial charge in [-0.1, -0.05) is 303 Å². The minimum atomic E-state index is -0.382. The average Bonchev–Trinajstić information content (AvgIpc) is 1.56. The molecule has 120 heavy (non-hydrogen) atoms. The molecule has 0 aliphatic heterocycles. The lowest BCUT2D eigenvalue weighted by Crippen LogP contribution is -2.08. The summed E-state index contributed by atoms with van der Waals surface area (Å²) >= 11 is 0. The molecule has 0 saturated carbocycles. The van der Waals surface area contributed by atoms with E-state index in [1.165, 1.54) is 21.5 Å². The molecule has 5 heterocycles. The Kier molecular flexibility index (Phi) is 16.3. The monoisotopic (exact) mass is 1530 g/mol. The molecule has 0 fully saturated rings. The molecule has 23 aromatic rings. The molecular weight excluding hydrogens is 1460 g/mol. The molecule has 0 aliphatic rings. The first-order valence-electron chi connectivity index (χ1n) is 40.9. The van der Waals surface area contributed by atoms with Crippen LogP contribution in [0.3, 0.4) is 0 Å². The number of fused-ring (bicyclic) bond motifs is 16. The lowest BCUT2D eigenvalue weighted by Gasteiger charge is -2.18. The SMILES string of the molecule is C=C(C)C(/N=C(\N=C(/C)c1cc(-n2c3ccc(-c4ccc(-c5ccc(-c6nc(-c7ccc8ccccc8c7)nc(-c7cc(-n8c9ccccc9c9cc%10ccccc%10cc98)c8oc9ccccc9c8c7)c6C)cc5)cc4)cc3c3cc4ccccc4cc32)c2oc3ccccc3c2c1)c1ccc(-c2ccccc2)cc1)c1cccc2ccccc12. The van der Waals surface area contributed by atoms with Crippen molar-refractivity contribution in [2.24, 2.45) is 9.98 Å². The Morgan fingerprint density at radius 1 is 0.308 bits per heavy atom. The van der Waals surface area contributed by atoms with Gasteiger partial charge < -0.3 is 18.0 Å². The number of benzene rings is 18. The van der Waals surface area contributed by atoms with Gasteiger partial charge in [0.2, 0.25) is 0 Å². The Morgan fingerprint density at radius 2 is 0.750 bits per heavy atom. The summed E-state index contributed by atoms with van der Waals surface area (Å²) in [6.07, 6.45) is 0. The first-order valence-corrected chi connectivity index (χ1v) is 40.9. The van der Waals surface area contributed by atoms with Gasteiger partial charge in [0.05, 0.1) is 50.9 Å². The van der Waals surface area contributed by atoms with E-state index >= 15 is 0 Å². The van der Waals surface area contributed by atoms with E-state index in [9.17, 15) is 0 Å². The summed E-state index contributed by atoms with van der Waals surface area (Å²) in [5.74, 6) is 1.26. The quantitative estimate of drug-likeness (QED) is 0.0654. The Hall–Kier alpha value is -15.6. The first-order chi connectivity index (χ1) is 59.1. The number of hydrogen-bond acceptors (Lipinski definition) is 5. The molecule has 0 radical (unpaired) electrons. The predicted molar refractivity (Wildman–Crippen MR) is 502 cm³/mol. The molecule has 564 valence electrons. The van der Waals surface area contributed by atoms with Crippen molar-refractivity contribution in [1.82, 2.24) is 19.1 Å². The fourth-order valence-electron chi connectivity index (χ4n) is 18.5. The molecule has 5 aromatic heterocycles. The first kappa shape index (κ1) is 69.8. The Morgan fingerprint density at radius 3 is 1.38 bits per heavy atom. The smallest absolute Gasteiger partial charge is 0.160 e. The maximum atomic E-state index is 7.08. The summed E-state index contributed by atoms with van der Waals surface area (Å²) in [5.41, 5.74) is 26.3. The van der Waals surface area contributed by atoms with Crippen molar-refractivity contribution < 1.29 is 8.83 Å². The molecular formula is C112H74N6O2. The van der Waals surface area contributed by atoms with Crippen LogP contribution in [0.4, 0.5) is 0 Å².